The van der Waals surface area contributed by atoms with Crippen LogP contribution in [0.15, 0.2) is 79.4 Å². The molecule has 124 valence electrons. The molecule has 1 aromatic heterocycles. The third kappa shape index (κ3) is 5.07. The number of ether oxygens (including phenoxy) is 1. The molecule has 0 N–H and O–H groups in total. The first-order valence-corrected chi connectivity index (χ1v) is 10.2. The molecule has 3 aromatic rings. The Balaban J connectivity index is 1.59. The number of imidazole rings is 1. The minimum atomic E-state index is 0.163. The van der Waals surface area contributed by atoms with Crippen molar-refractivity contribution in [3.8, 4) is 0 Å². The van der Waals surface area contributed by atoms with E-state index in [1.807, 2.05) is 17.8 Å². The molecule has 0 saturated carbocycles. The van der Waals surface area contributed by atoms with Gasteiger partial charge in [0.2, 0.25) is 0 Å². The van der Waals surface area contributed by atoms with Crippen LogP contribution in [0.4, 0.5) is 0 Å². The average Bonchev–Trinajstić information content (AvgIpc) is 3.05. The second kappa shape index (κ2) is 8.84. The minimum absolute atomic E-state index is 0.163. The summed E-state index contributed by atoms with van der Waals surface area (Å²) in [4.78, 5) is 0. The second-order valence-electron chi connectivity index (χ2n) is 5.71. The molecular formula is C20H23N2OSe+. The molecule has 0 fully saturated rings. The molecule has 0 saturated heterocycles. The number of hydrogen-bond donors (Lipinski definition) is 0. The predicted octanol–water partition coefficient (Wildman–Crippen LogP) is 2.52. The van der Waals surface area contributed by atoms with Crippen molar-refractivity contribution in [2.75, 3.05) is 6.61 Å². The first-order valence-electron chi connectivity index (χ1n) is 8.17. The van der Waals surface area contributed by atoms with Crippen molar-refractivity contribution in [2.24, 2.45) is 7.05 Å². The SMILES string of the molecule is C[n+]1ccn(CCOC(C[Se]c2ccccc2)c2ccccc2)c1. The van der Waals surface area contributed by atoms with Crippen LogP contribution in [0.2, 0.25) is 5.32 Å². The summed E-state index contributed by atoms with van der Waals surface area (Å²) in [7, 11) is 2.03. The molecule has 3 rings (SSSR count). The van der Waals surface area contributed by atoms with E-state index in [1.54, 1.807) is 0 Å². The molecule has 0 spiro atoms. The van der Waals surface area contributed by atoms with Crippen LogP contribution in [0.5, 0.6) is 0 Å². The molecule has 0 amide bonds. The summed E-state index contributed by atoms with van der Waals surface area (Å²) in [5, 5.41) is 1.06. The van der Waals surface area contributed by atoms with E-state index in [-0.39, 0.29) is 6.10 Å². The Morgan fingerprint density at radius 1 is 1.04 bits per heavy atom. The third-order valence-corrected chi connectivity index (χ3v) is 6.06. The molecule has 1 unspecified atom stereocenters. The van der Waals surface area contributed by atoms with Gasteiger partial charge in [0.1, 0.15) is 0 Å². The Morgan fingerprint density at radius 3 is 2.42 bits per heavy atom. The molecule has 0 aliphatic carbocycles. The molecule has 1 heterocycles. The molecule has 2 aromatic carbocycles. The summed E-state index contributed by atoms with van der Waals surface area (Å²) >= 11 is 0.418. The van der Waals surface area contributed by atoms with Crippen molar-refractivity contribution in [1.82, 2.24) is 4.57 Å². The van der Waals surface area contributed by atoms with Crippen LogP contribution in [-0.4, -0.2) is 26.1 Å². The molecule has 0 bridgehead atoms. The van der Waals surface area contributed by atoms with Crippen LogP contribution in [0, 0.1) is 0 Å². The van der Waals surface area contributed by atoms with Crippen LogP contribution in [0.1, 0.15) is 11.7 Å². The molecule has 1 atom stereocenters. The average molecular weight is 386 g/mol. The van der Waals surface area contributed by atoms with E-state index in [1.165, 1.54) is 10.0 Å². The van der Waals surface area contributed by atoms with E-state index in [0.717, 1.165) is 18.5 Å². The van der Waals surface area contributed by atoms with Gasteiger partial charge >= 0.3 is 150 Å². The van der Waals surface area contributed by atoms with Gasteiger partial charge < -0.3 is 0 Å². The Labute approximate surface area is 150 Å². The van der Waals surface area contributed by atoms with Crippen LogP contribution in [-0.2, 0) is 18.3 Å². The number of benzene rings is 2. The number of hydrogen-bond acceptors (Lipinski definition) is 1. The van der Waals surface area contributed by atoms with Gasteiger partial charge in [-0.05, 0) is 0 Å². The van der Waals surface area contributed by atoms with Crippen molar-refractivity contribution in [3.05, 3.63) is 84.9 Å². The van der Waals surface area contributed by atoms with Gasteiger partial charge in [-0.2, -0.15) is 0 Å². The van der Waals surface area contributed by atoms with Crippen LogP contribution >= 0.6 is 0 Å². The summed E-state index contributed by atoms with van der Waals surface area (Å²) in [6, 6.07) is 21.3. The van der Waals surface area contributed by atoms with Crippen LogP contribution in [0.3, 0.4) is 0 Å². The maximum absolute atomic E-state index is 6.25. The standard InChI is InChI=1S/C20H23N2OSe/c1-21-12-13-22(17-21)14-15-23-20(18-8-4-2-5-9-18)16-24-19-10-6-3-7-11-19/h2-13,17,20H,14-16H2,1H3/q+1. The van der Waals surface area contributed by atoms with E-state index in [2.05, 4.69) is 77.8 Å². The summed E-state index contributed by atoms with van der Waals surface area (Å²) in [6.07, 6.45) is 6.37. The fourth-order valence-electron chi connectivity index (χ4n) is 2.53. The van der Waals surface area contributed by atoms with Crippen molar-refractivity contribution >= 4 is 19.4 Å². The van der Waals surface area contributed by atoms with Crippen molar-refractivity contribution < 1.29 is 9.30 Å². The number of nitrogens with zero attached hydrogens (tertiary/aromatic N) is 2. The Kier molecular flexibility index (Phi) is 6.25. The first kappa shape index (κ1) is 17.0. The first-order chi connectivity index (χ1) is 11.8. The normalized spacial score (nSPS) is 12.2. The molecule has 0 aliphatic rings. The zero-order valence-electron chi connectivity index (χ0n) is 13.9. The topological polar surface area (TPSA) is 18.0 Å². The molecule has 24 heavy (non-hydrogen) atoms. The van der Waals surface area contributed by atoms with Gasteiger partial charge in [0.05, 0.1) is 0 Å². The summed E-state index contributed by atoms with van der Waals surface area (Å²) in [5.41, 5.74) is 1.27. The quantitative estimate of drug-likeness (QED) is 0.430. The van der Waals surface area contributed by atoms with E-state index < -0.39 is 0 Å². The van der Waals surface area contributed by atoms with E-state index >= 15 is 0 Å². The fraction of sp³-hybridized carbons (Fsp3) is 0.250. The van der Waals surface area contributed by atoms with Gasteiger partial charge in [-0.1, -0.05) is 0 Å². The predicted molar refractivity (Wildman–Crippen MR) is 97.4 cm³/mol. The van der Waals surface area contributed by atoms with E-state index in [9.17, 15) is 0 Å². The molecule has 0 aliphatic heterocycles. The molecule has 3 nitrogen and oxygen atoms in total. The number of aryl methyl sites for hydroxylation is 1. The van der Waals surface area contributed by atoms with Crippen LogP contribution < -0.4 is 9.03 Å². The summed E-state index contributed by atoms with van der Waals surface area (Å²) in [5.74, 6) is 0. The van der Waals surface area contributed by atoms with Crippen molar-refractivity contribution in [3.63, 3.8) is 0 Å². The molecular weight excluding hydrogens is 363 g/mol. The van der Waals surface area contributed by atoms with Gasteiger partial charge in [-0.15, -0.1) is 0 Å². The molecule has 4 heteroatoms. The van der Waals surface area contributed by atoms with Gasteiger partial charge in [0, 0.05) is 0 Å². The number of rotatable bonds is 8. The summed E-state index contributed by atoms with van der Waals surface area (Å²) < 4.78 is 11.9. The second-order valence-corrected chi connectivity index (χ2v) is 8.01. The van der Waals surface area contributed by atoms with Gasteiger partial charge in [-0.25, -0.2) is 0 Å². The van der Waals surface area contributed by atoms with Gasteiger partial charge in [0.25, 0.3) is 0 Å². The van der Waals surface area contributed by atoms with Gasteiger partial charge in [-0.3, -0.25) is 0 Å². The van der Waals surface area contributed by atoms with Gasteiger partial charge in [0.15, 0.2) is 0 Å². The Bertz CT molecular complexity index is 728. The molecule has 0 radical (unpaired) electrons. The fourth-order valence-corrected chi connectivity index (χ4v) is 4.59. The summed E-state index contributed by atoms with van der Waals surface area (Å²) in [6.45, 7) is 1.60. The zero-order valence-corrected chi connectivity index (χ0v) is 15.6. The van der Waals surface area contributed by atoms with Crippen molar-refractivity contribution in [2.45, 2.75) is 18.0 Å². The van der Waals surface area contributed by atoms with Crippen LogP contribution in [0.25, 0.3) is 0 Å². The Morgan fingerprint density at radius 2 is 1.75 bits per heavy atom. The zero-order chi connectivity index (χ0) is 16.6. The monoisotopic (exact) mass is 387 g/mol. The Hall–Kier alpha value is -1.87. The van der Waals surface area contributed by atoms with E-state index in [4.69, 9.17) is 4.74 Å². The maximum atomic E-state index is 6.25. The third-order valence-electron chi connectivity index (χ3n) is 3.81. The van der Waals surface area contributed by atoms with E-state index in [0.29, 0.717) is 15.0 Å². The van der Waals surface area contributed by atoms with Crippen molar-refractivity contribution in [1.29, 1.82) is 0 Å². The number of aromatic nitrogens is 2.